The minimum Gasteiger partial charge on any atom is -0.469 e. The summed E-state index contributed by atoms with van der Waals surface area (Å²) in [6.45, 7) is 12.4. The van der Waals surface area contributed by atoms with Crippen LogP contribution in [0.25, 0.3) is 0 Å². The highest BCUT2D eigenvalue weighted by Crippen LogP contribution is 2.38. The maximum atomic E-state index is 13.8. The van der Waals surface area contributed by atoms with Crippen molar-refractivity contribution < 1.29 is 33.3 Å². The van der Waals surface area contributed by atoms with Crippen molar-refractivity contribution in [3.8, 4) is 5.75 Å². The molecule has 4 rings (SSSR count). The van der Waals surface area contributed by atoms with Crippen LogP contribution in [0, 0.1) is 0 Å². The van der Waals surface area contributed by atoms with Gasteiger partial charge in [0.25, 0.3) is 0 Å². The Kier molecular flexibility index (Phi) is 10.0. The molecular formula is C34H44N2O7Si. The molecule has 1 N–H and O–H groups in total. The lowest BCUT2D eigenvalue weighted by atomic mass is 9.77. The number of hydrogen-bond donors (Lipinski definition) is 1. The van der Waals surface area contributed by atoms with Crippen LogP contribution < -0.4 is 10.1 Å². The predicted molar refractivity (Wildman–Crippen MR) is 172 cm³/mol. The number of allylic oxidation sites excluding steroid dienone is 1. The van der Waals surface area contributed by atoms with Gasteiger partial charge in [-0.25, -0.2) is 14.4 Å². The average molecular weight is 621 g/mol. The van der Waals surface area contributed by atoms with Crippen molar-refractivity contribution in [2.75, 3.05) is 13.2 Å². The molecule has 1 heterocycles. The number of aliphatic imine (C=N–C) groups is 1. The number of ether oxygens (including phenoxy) is 4. The van der Waals surface area contributed by atoms with Gasteiger partial charge in [-0.2, -0.15) is 0 Å². The predicted octanol–water partition coefficient (Wildman–Crippen LogP) is 5.82. The molecule has 0 fully saturated rings. The molecule has 1 aliphatic heterocycles. The molecule has 0 aromatic heterocycles. The molecule has 0 saturated heterocycles. The van der Waals surface area contributed by atoms with Gasteiger partial charge >= 0.3 is 18.0 Å². The van der Waals surface area contributed by atoms with Crippen molar-refractivity contribution >= 4 is 32.3 Å². The summed E-state index contributed by atoms with van der Waals surface area (Å²) < 4.78 is 23.6. The third-order valence-electron chi connectivity index (χ3n) is 7.48. The van der Waals surface area contributed by atoms with Crippen molar-refractivity contribution in [3.05, 3.63) is 77.4 Å². The molecule has 1 amide bonds. The molecule has 2 aromatic carbocycles. The first kappa shape index (κ1) is 33.0. The SMILES string of the molecule is CC(C)(C)OC(=O)[C@]1(Oc2cccc3c2CC(NC(=O)OCc2ccccc2)(C(=O)OCC[Si](C)(C)C)CC3)C=CC=NC1. The fraction of sp³-hybridized carbons (Fsp3) is 0.471. The van der Waals surface area contributed by atoms with Gasteiger partial charge in [0.2, 0.25) is 5.60 Å². The number of alkyl carbamates (subject to hydrolysis) is 1. The molecule has 1 aliphatic carbocycles. The van der Waals surface area contributed by atoms with Crippen molar-refractivity contribution in [1.82, 2.24) is 5.32 Å². The summed E-state index contributed by atoms with van der Waals surface area (Å²) in [5.74, 6) is -0.670. The van der Waals surface area contributed by atoms with Gasteiger partial charge < -0.3 is 24.3 Å². The lowest BCUT2D eigenvalue weighted by Crippen LogP contribution is -2.59. The fourth-order valence-corrected chi connectivity index (χ4v) is 5.77. The van der Waals surface area contributed by atoms with Gasteiger partial charge in [-0.15, -0.1) is 0 Å². The van der Waals surface area contributed by atoms with E-state index >= 15 is 0 Å². The highest BCUT2D eigenvalue weighted by atomic mass is 28.3. The smallest absolute Gasteiger partial charge is 0.408 e. The number of aryl methyl sites for hydroxylation is 1. The Labute approximate surface area is 261 Å². The standard InChI is InChI=1S/C34H44N2O7Si/c1-32(2,3)43-30(38)34(17-11-19-35-24-34)42-28-15-10-14-26-16-18-33(22-27(26)28,29(37)40-20-21-44(4,5)6)36-31(39)41-23-25-12-8-7-9-13-25/h7-15,17,19H,16,18,20-24H2,1-6H3,(H,36,39)/t33?,34-/m0/s1. The Hall–Kier alpha value is -3.92. The second-order valence-corrected chi connectivity index (χ2v) is 19.2. The van der Waals surface area contributed by atoms with Gasteiger partial charge in [0.1, 0.15) is 23.5 Å². The number of hydrogen-bond acceptors (Lipinski definition) is 8. The molecule has 236 valence electrons. The quantitative estimate of drug-likeness (QED) is 0.202. The van der Waals surface area contributed by atoms with Crippen LogP contribution in [-0.2, 0) is 43.2 Å². The van der Waals surface area contributed by atoms with E-state index < -0.39 is 42.8 Å². The Balaban J connectivity index is 1.63. The molecule has 0 radical (unpaired) electrons. The summed E-state index contributed by atoms with van der Waals surface area (Å²) in [5, 5.41) is 2.88. The topological polar surface area (TPSA) is 113 Å². The summed E-state index contributed by atoms with van der Waals surface area (Å²) in [7, 11) is -1.48. The van der Waals surface area contributed by atoms with Crippen LogP contribution in [0.15, 0.2) is 65.7 Å². The molecule has 44 heavy (non-hydrogen) atoms. The number of carbonyl (C=O) groups excluding carboxylic acids is 3. The zero-order valence-corrected chi connectivity index (χ0v) is 27.6. The summed E-state index contributed by atoms with van der Waals surface area (Å²) in [5.41, 5.74) is -1.13. The van der Waals surface area contributed by atoms with E-state index in [9.17, 15) is 14.4 Å². The molecule has 1 unspecified atom stereocenters. The van der Waals surface area contributed by atoms with E-state index in [1.54, 1.807) is 45.2 Å². The van der Waals surface area contributed by atoms with Crippen LogP contribution in [0.1, 0.15) is 43.9 Å². The summed E-state index contributed by atoms with van der Waals surface area (Å²) >= 11 is 0. The number of rotatable bonds is 10. The highest BCUT2D eigenvalue weighted by molar-refractivity contribution is 6.76. The third-order valence-corrected chi connectivity index (χ3v) is 9.18. The van der Waals surface area contributed by atoms with Crippen LogP contribution in [0.4, 0.5) is 4.79 Å². The third kappa shape index (κ3) is 8.59. The molecule has 9 nitrogen and oxygen atoms in total. The normalized spacial score (nSPS) is 21.1. The van der Waals surface area contributed by atoms with Crippen molar-refractivity contribution in [1.29, 1.82) is 0 Å². The monoisotopic (exact) mass is 620 g/mol. The first-order chi connectivity index (χ1) is 20.7. The zero-order valence-electron chi connectivity index (χ0n) is 26.6. The summed E-state index contributed by atoms with van der Waals surface area (Å²) in [4.78, 5) is 44.8. The molecule has 0 spiro atoms. The molecule has 0 bridgehead atoms. The average Bonchev–Trinajstić information content (AvgIpc) is 2.96. The van der Waals surface area contributed by atoms with E-state index in [-0.39, 0.29) is 26.2 Å². The number of fused-ring (bicyclic) bond motifs is 1. The lowest BCUT2D eigenvalue weighted by Gasteiger charge is -2.38. The largest absolute Gasteiger partial charge is 0.469 e. The zero-order chi connectivity index (χ0) is 32.0. The number of nitrogens with one attached hydrogen (secondary N) is 1. The van der Waals surface area contributed by atoms with Gasteiger partial charge in [-0.05, 0) is 69.0 Å². The van der Waals surface area contributed by atoms with Crippen LogP contribution in [0.3, 0.4) is 0 Å². The fourth-order valence-electron chi connectivity index (χ4n) is 5.06. The second kappa shape index (κ2) is 13.4. The minimum atomic E-state index is -1.49. The maximum Gasteiger partial charge on any atom is 0.408 e. The number of carbonyl (C=O) groups is 3. The summed E-state index contributed by atoms with van der Waals surface area (Å²) in [6.07, 6.45) is 5.09. The van der Waals surface area contributed by atoms with Crippen molar-refractivity contribution in [2.24, 2.45) is 4.99 Å². The van der Waals surface area contributed by atoms with E-state index in [0.29, 0.717) is 24.2 Å². The van der Waals surface area contributed by atoms with Crippen molar-refractivity contribution in [2.45, 2.75) is 89.1 Å². The highest BCUT2D eigenvalue weighted by Gasteiger charge is 2.48. The summed E-state index contributed by atoms with van der Waals surface area (Å²) in [6, 6.07) is 15.7. The minimum absolute atomic E-state index is 0.0377. The van der Waals surface area contributed by atoms with Gasteiger partial charge in [0, 0.05) is 26.3 Å². The number of dihydropyridines is 1. The Morgan fingerprint density at radius 2 is 1.73 bits per heavy atom. The van der Waals surface area contributed by atoms with E-state index in [2.05, 4.69) is 30.0 Å². The van der Waals surface area contributed by atoms with E-state index in [1.165, 1.54) is 0 Å². The Morgan fingerprint density at radius 1 is 0.977 bits per heavy atom. The van der Waals surface area contributed by atoms with E-state index in [4.69, 9.17) is 18.9 Å². The van der Waals surface area contributed by atoms with Crippen LogP contribution in [0.2, 0.25) is 25.7 Å². The Morgan fingerprint density at radius 3 is 2.39 bits per heavy atom. The molecule has 2 atom stereocenters. The number of amides is 1. The molecule has 2 aromatic rings. The van der Waals surface area contributed by atoms with Crippen LogP contribution >= 0.6 is 0 Å². The first-order valence-electron chi connectivity index (χ1n) is 15.1. The van der Waals surface area contributed by atoms with E-state index in [0.717, 1.165) is 17.2 Å². The van der Waals surface area contributed by atoms with Gasteiger partial charge in [0.15, 0.2) is 0 Å². The molecule has 2 aliphatic rings. The maximum absolute atomic E-state index is 13.8. The van der Waals surface area contributed by atoms with Crippen LogP contribution in [-0.4, -0.2) is 62.2 Å². The number of esters is 2. The van der Waals surface area contributed by atoms with Gasteiger partial charge in [-0.3, -0.25) is 4.99 Å². The lowest BCUT2D eigenvalue weighted by molar-refractivity contribution is -0.169. The number of benzene rings is 2. The second-order valence-electron chi connectivity index (χ2n) is 13.6. The van der Waals surface area contributed by atoms with Gasteiger partial charge in [0.05, 0.1) is 13.2 Å². The van der Waals surface area contributed by atoms with Crippen LogP contribution in [0.5, 0.6) is 5.75 Å². The van der Waals surface area contributed by atoms with Gasteiger partial charge in [-0.1, -0.05) is 62.1 Å². The van der Waals surface area contributed by atoms with Crippen molar-refractivity contribution in [3.63, 3.8) is 0 Å². The molecular weight excluding hydrogens is 576 g/mol. The number of nitrogens with zero attached hydrogens (tertiary/aromatic N) is 1. The molecule has 0 saturated carbocycles. The molecule has 10 heteroatoms. The first-order valence-corrected chi connectivity index (χ1v) is 18.8. The Bertz CT molecular complexity index is 1410. The van der Waals surface area contributed by atoms with E-state index in [1.807, 2.05) is 42.5 Å².